The molecule has 3 aromatic rings. The van der Waals surface area contributed by atoms with Gasteiger partial charge in [-0.2, -0.15) is 5.10 Å². The molecule has 134 valence electrons. The summed E-state index contributed by atoms with van der Waals surface area (Å²) in [4.78, 5) is 12.7. The summed E-state index contributed by atoms with van der Waals surface area (Å²) in [5, 5.41) is 7.57. The highest BCUT2D eigenvalue weighted by atomic mass is 16.5. The lowest BCUT2D eigenvalue weighted by Gasteiger charge is -2.07. The van der Waals surface area contributed by atoms with Crippen LogP contribution in [0.4, 0.5) is 0 Å². The van der Waals surface area contributed by atoms with Crippen LogP contribution in [0.3, 0.4) is 0 Å². The zero-order valence-electron chi connectivity index (χ0n) is 15.3. The van der Waals surface area contributed by atoms with Crippen molar-refractivity contribution in [1.82, 2.24) is 15.1 Å². The van der Waals surface area contributed by atoms with Crippen LogP contribution in [0.1, 0.15) is 21.6 Å². The molecule has 26 heavy (non-hydrogen) atoms. The number of benzene rings is 2. The summed E-state index contributed by atoms with van der Waals surface area (Å²) in [6.07, 6.45) is 0. The molecule has 0 bridgehead atoms. The van der Waals surface area contributed by atoms with Gasteiger partial charge in [-0.3, -0.25) is 4.79 Å². The van der Waals surface area contributed by atoms with Gasteiger partial charge in [0.2, 0.25) is 0 Å². The lowest BCUT2D eigenvalue weighted by Crippen LogP contribution is -2.28. The van der Waals surface area contributed by atoms with E-state index in [1.165, 1.54) is 11.1 Å². The van der Waals surface area contributed by atoms with Crippen LogP contribution in [0.5, 0.6) is 0 Å². The maximum absolute atomic E-state index is 12.7. The molecule has 0 aliphatic carbocycles. The highest BCUT2D eigenvalue weighted by molar-refractivity contribution is 5.94. The topological polar surface area (TPSA) is 56.1 Å². The number of nitrogens with zero attached hydrogens (tertiary/aromatic N) is 2. The molecule has 5 heteroatoms. The minimum atomic E-state index is -0.173. The van der Waals surface area contributed by atoms with Crippen molar-refractivity contribution < 1.29 is 9.53 Å². The van der Waals surface area contributed by atoms with E-state index >= 15 is 0 Å². The molecule has 1 heterocycles. The number of para-hydroxylation sites is 1. The van der Waals surface area contributed by atoms with Crippen LogP contribution in [0, 0.1) is 13.8 Å². The van der Waals surface area contributed by atoms with Gasteiger partial charge in [-0.25, -0.2) is 4.68 Å². The van der Waals surface area contributed by atoms with Crippen LogP contribution >= 0.6 is 0 Å². The molecule has 1 aromatic heterocycles. The second-order valence-electron chi connectivity index (χ2n) is 6.21. The lowest BCUT2D eigenvalue weighted by molar-refractivity contribution is 0.0929. The molecule has 1 amide bonds. The number of hydrogen-bond donors (Lipinski definition) is 1. The van der Waals surface area contributed by atoms with Gasteiger partial charge in [0.15, 0.2) is 0 Å². The number of aryl methyl sites for hydroxylation is 2. The molecule has 0 aliphatic rings. The van der Waals surface area contributed by atoms with Gasteiger partial charge >= 0.3 is 0 Å². The second kappa shape index (κ2) is 7.97. The number of ether oxygens (including phenoxy) is 1. The first kappa shape index (κ1) is 17.9. The first-order valence-corrected chi connectivity index (χ1v) is 8.60. The van der Waals surface area contributed by atoms with E-state index in [2.05, 4.69) is 31.3 Å². The second-order valence-corrected chi connectivity index (χ2v) is 6.21. The van der Waals surface area contributed by atoms with Gasteiger partial charge in [-0.05, 0) is 49.2 Å². The summed E-state index contributed by atoms with van der Waals surface area (Å²) in [6, 6.07) is 17.7. The van der Waals surface area contributed by atoms with Gasteiger partial charge in [-0.1, -0.05) is 30.3 Å². The third kappa shape index (κ3) is 3.83. The normalized spacial score (nSPS) is 10.7. The van der Waals surface area contributed by atoms with Crippen LogP contribution < -0.4 is 5.32 Å². The Hall–Kier alpha value is -2.92. The molecule has 2 aromatic carbocycles. The number of carbonyl (C=O) groups is 1. The van der Waals surface area contributed by atoms with E-state index in [9.17, 15) is 4.79 Å². The maximum atomic E-state index is 12.7. The van der Waals surface area contributed by atoms with Gasteiger partial charge in [0.25, 0.3) is 5.91 Å². The predicted octanol–water partition coefficient (Wildman–Crippen LogP) is 3.53. The third-order valence-electron chi connectivity index (χ3n) is 4.34. The monoisotopic (exact) mass is 349 g/mol. The minimum absolute atomic E-state index is 0.173. The van der Waals surface area contributed by atoms with Crippen LogP contribution in [0.15, 0.2) is 54.6 Å². The Labute approximate surface area is 153 Å². The predicted molar refractivity (Wildman–Crippen MR) is 103 cm³/mol. The Morgan fingerprint density at radius 1 is 1.08 bits per heavy atom. The van der Waals surface area contributed by atoms with Crippen molar-refractivity contribution >= 4 is 5.91 Å². The number of nitrogens with one attached hydrogen (secondary N) is 1. The summed E-state index contributed by atoms with van der Waals surface area (Å²) < 4.78 is 6.69. The Morgan fingerprint density at radius 3 is 2.54 bits per heavy atom. The quantitative estimate of drug-likeness (QED) is 0.693. The molecule has 0 radical (unpaired) electrons. The van der Waals surface area contributed by atoms with Crippen LogP contribution in [-0.2, 0) is 4.74 Å². The SMILES string of the molecule is COCCNC(=O)c1cc(-c2ccc(C)c(C)c2)nn1-c1ccccc1. The van der Waals surface area contributed by atoms with Gasteiger partial charge < -0.3 is 10.1 Å². The average Bonchev–Trinajstić information content (AvgIpc) is 3.10. The summed E-state index contributed by atoms with van der Waals surface area (Å²) >= 11 is 0. The molecule has 0 saturated heterocycles. The van der Waals surface area contributed by atoms with Crippen molar-refractivity contribution in [2.24, 2.45) is 0 Å². The number of rotatable bonds is 6. The fraction of sp³-hybridized carbons (Fsp3) is 0.238. The van der Waals surface area contributed by atoms with Crippen LogP contribution in [-0.4, -0.2) is 35.9 Å². The number of aromatic nitrogens is 2. The number of hydrogen-bond acceptors (Lipinski definition) is 3. The Kier molecular flexibility index (Phi) is 5.49. The van der Waals surface area contributed by atoms with Crippen molar-refractivity contribution in [2.75, 3.05) is 20.3 Å². The van der Waals surface area contributed by atoms with E-state index in [1.807, 2.05) is 42.5 Å². The molecule has 0 saturated carbocycles. The van der Waals surface area contributed by atoms with Crippen molar-refractivity contribution in [3.05, 3.63) is 71.4 Å². The fourth-order valence-corrected chi connectivity index (χ4v) is 2.71. The fourth-order valence-electron chi connectivity index (χ4n) is 2.71. The molecule has 5 nitrogen and oxygen atoms in total. The largest absolute Gasteiger partial charge is 0.383 e. The first-order chi connectivity index (χ1) is 12.6. The number of methoxy groups -OCH3 is 1. The van der Waals surface area contributed by atoms with Gasteiger partial charge in [0.05, 0.1) is 18.0 Å². The summed E-state index contributed by atoms with van der Waals surface area (Å²) in [6.45, 7) is 5.07. The van der Waals surface area contributed by atoms with Crippen LogP contribution in [0.25, 0.3) is 16.9 Å². The Bertz CT molecular complexity index is 901. The summed E-state index contributed by atoms with van der Waals surface area (Å²) in [5.74, 6) is -0.173. The Morgan fingerprint density at radius 2 is 1.85 bits per heavy atom. The smallest absolute Gasteiger partial charge is 0.270 e. The first-order valence-electron chi connectivity index (χ1n) is 8.60. The highest BCUT2D eigenvalue weighted by Gasteiger charge is 2.17. The zero-order valence-corrected chi connectivity index (χ0v) is 15.3. The highest BCUT2D eigenvalue weighted by Crippen LogP contribution is 2.24. The molecule has 0 atom stereocenters. The average molecular weight is 349 g/mol. The maximum Gasteiger partial charge on any atom is 0.270 e. The van der Waals surface area contributed by atoms with Gasteiger partial charge in [0.1, 0.15) is 5.69 Å². The van der Waals surface area contributed by atoms with Crippen molar-refractivity contribution in [1.29, 1.82) is 0 Å². The van der Waals surface area contributed by atoms with Gasteiger partial charge in [0, 0.05) is 19.2 Å². The minimum Gasteiger partial charge on any atom is -0.383 e. The molecule has 0 spiro atoms. The lowest BCUT2D eigenvalue weighted by atomic mass is 10.0. The van der Waals surface area contributed by atoms with Crippen molar-refractivity contribution in [2.45, 2.75) is 13.8 Å². The summed E-state index contributed by atoms with van der Waals surface area (Å²) in [5.41, 5.74) is 5.54. The van der Waals surface area contributed by atoms with E-state index in [1.54, 1.807) is 11.8 Å². The zero-order chi connectivity index (χ0) is 18.5. The molecule has 0 fully saturated rings. The molecule has 1 N–H and O–H groups in total. The number of amides is 1. The third-order valence-corrected chi connectivity index (χ3v) is 4.34. The standard InChI is InChI=1S/C21H23N3O2/c1-15-9-10-17(13-16(15)2)19-14-20(21(25)22-11-12-26-3)24(23-19)18-7-5-4-6-8-18/h4-10,13-14H,11-12H2,1-3H3,(H,22,25). The number of carbonyl (C=O) groups excluding carboxylic acids is 1. The van der Waals surface area contributed by atoms with Gasteiger partial charge in [-0.15, -0.1) is 0 Å². The molecule has 3 rings (SSSR count). The van der Waals surface area contributed by atoms with E-state index in [0.717, 1.165) is 16.9 Å². The van der Waals surface area contributed by atoms with E-state index in [-0.39, 0.29) is 5.91 Å². The van der Waals surface area contributed by atoms with Crippen molar-refractivity contribution in [3.8, 4) is 16.9 Å². The molecular formula is C21H23N3O2. The molecule has 0 aliphatic heterocycles. The van der Waals surface area contributed by atoms with E-state index in [4.69, 9.17) is 9.84 Å². The van der Waals surface area contributed by atoms with Crippen molar-refractivity contribution in [3.63, 3.8) is 0 Å². The van der Waals surface area contributed by atoms with E-state index in [0.29, 0.717) is 18.8 Å². The van der Waals surface area contributed by atoms with Crippen LogP contribution in [0.2, 0.25) is 0 Å². The van der Waals surface area contributed by atoms with E-state index < -0.39 is 0 Å². The Balaban J connectivity index is 2.02. The summed E-state index contributed by atoms with van der Waals surface area (Å²) in [7, 11) is 1.61. The molecule has 0 unspecified atom stereocenters. The molecular weight excluding hydrogens is 326 g/mol.